The smallest absolute Gasteiger partial charge is 0.123 e. The normalized spacial score (nSPS) is 10.7. The summed E-state index contributed by atoms with van der Waals surface area (Å²) in [5, 5.41) is 0. The average molecular weight is 446 g/mol. The van der Waals surface area contributed by atoms with Crippen LogP contribution >= 0.6 is 0 Å². The van der Waals surface area contributed by atoms with Crippen molar-refractivity contribution in [1.82, 2.24) is 0 Å². The Labute approximate surface area is 192 Å². The van der Waals surface area contributed by atoms with Gasteiger partial charge in [0.1, 0.15) is 36.3 Å². The molecule has 4 aromatic rings. The van der Waals surface area contributed by atoms with E-state index in [-0.39, 0.29) is 11.6 Å². The van der Waals surface area contributed by atoms with Gasteiger partial charge in [0.2, 0.25) is 0 Å². The first kappa shape index (κ1) is 22.5. The molecule has 0 spiro atoms. The van der Waals surface area contributed by atoms with Crippen molar-refractivity contribution in [2.75, 3.05) is 0 Å². The summed E-state index contributed by atoms with van der Waals surface area (Å²) in [6.45, 7) is 1.58. The monoisotopic (exact) mass is 446 g/mol. The highest BCUT2D eigenvalue weighted by atomic mass is 19.1. The Bertz CT molecular complexity index is 1070. The van der Waals surface area contributed by atoms with Crippen molar-refractivity contribution in [2.45, 2.75) is 26.4 Å². The van der Waals surface area contributed by atoms with Gasteiger partial charge in [0, 0.05) is 0 Å². The quantitative estimate of drug-likeness (QED) is 0.267. The van der Waals surface area contributed by atoms with Crippen LogP contribution in [0.1, 0.15) is 22.3 Å². The van der Waals surface area contributed by atoms with Gasteiger partial charge in [-0.2, -0.15) is 0 Å². The van der Waals surface area contributed by atoms with Gasteiger partial charge in [0.05, 0.1) is 13.2 Å². The van der Waals surface area contributed by atoms with E-state index in [0.29, 0.717) is 26.4 Å². The Morgan fingerprint density at radius 3 is 1.27 bits per heavy atom. The summed E-state index contributed by atoms with van der Waals surface area (Å²) in [5.41, 5.74) is 3.63. The van der Waals surface area contributed by atoms with E-state index in [9.17, 15) is 8.78 Å². The molecular weight excluding hydrogens is 422 g/mol. The molecule has 0 bridgehead atoms. The second-order valence-electron chi connectivity index (χ2n) is 7.62. The van der Waals surface area contributed by atoms with Crippen molar-refractivity contribution in [1.29, 1.82) is 0 Å². The number of hydrogen-bond acceptors (Lipinski definition) is 3. The molecular formula is C28H24F2O3. The van der Waals surface area contributed by atoms with E-state index >= 15 is 0 Å². The van der Waals surface area contributed by atoms with Crippen LogP contribution in [0.3, 0.4) is 0 Å². The zero-order valence-electron chi connectivity index (χ0n) is 18.0. The van der Waals surface area contributed by atoms with E-state index in [0.717, 1.165) is 33.8 Å². The molecule has 0 amide bonds. The minimum Gasteiger partial charge on any atom is -0.489 e. The number of ether oxygens (including phenoxy) is 3. The molecule has 0 atom stereocenters. The first-order valence-corrected chi connectivity index (χ1v) is 10.6. The van der Waals surface area contributed by atoms with Gasteiger partial charge in [0.25, 0.3) is 0 Å². The maximum atomic E-state index is 13.2. The molecule has 4 rings (SSSR count). The lowest BCUT2D eigenvalue weighted by atomic mass is 10.2. The van der Waals surface area contributed by atoms with Crippen molar-refractivity contribution in [2.24, 2.45) is 0 Å². The molecule has 0 saturated carbocycles. The van der Waals surface area contributed by atoms with Crippen LogP contribution in [0.15, 0.2) is 97.1 Å². The third-order valence-electron chi connectivity index (χ3n) is 4.97. The van der Waals surface area contributed by atoms with Crippen molar-refractivity contribution in [3.63, 3.8) is 0 Å². The lowest BCUT2D eigenvalue weighted by molar-refractivity contribution is 0.107. The molecule has 0 N–H and O–H groups in total. The largest absolute Gasteiger partial charge is 0.489 e. The molecule has 0 aromatic heterocycles. The first-order chi connectivity index (χ1) is 16.1. The van der Waals surface area contributed by atoms with Crippen LogP contribution in [-0.4, -0.2) is 0 Å². The minimum atomic E-state index is -0.269. The van der Waals surface area contributed by atoms with Gasteiger partial charge >= 0.3 is 0 Å². The van der Waals surface area contributed by atoms with E-state index in [1.54, 1.807) is 12.1 Å². The minimum absolute atomic E-state index is 0.269. The molecule has 0 aliphatic heterocycles. The van der Waals surface area contributed by atoms with Gasteiger partial charge in [-0.3, -0.25) is 0 Å². The summed E-state index contributed by atoms with van der Waals surface area (Å²) in [6.07, 6.45) is 0. The third-order valence-corrected chi connectivity index (χ3v) is 4.97. The number of halogens is 2. The topological polar surface area (TPSA) is 27.7 Å². The van der Waals surface area contributed by atoms with E-state index in [1.807, 2.05) is 60.7 Å². The molecule has 0 aliphatic rings. The van der Waals surface area contributed by atoms with Crippen LogP contribution in [0, 0.1) is 11.6 Å². The zero-order valence-corrected chi connectivity index (χ0v) is 18.0. The molecule has 5 heteroatoms. The molecule has 0 saturated heterocycles. The number of hydrogen-bond donors (Lipinski definition) is 0. The Kier molecular flexibility index (Phi) is 7.67. The zero-order chi connectivity index (χ0) is 22.9. The summed E-state index contributed by atoms with van der Waals surface area (Å²) >= 11 is 0. The predicted molar refractivity (Wildman–Crippen MR) is 123 cm³/mol. The summed E-state index contributed by atoms with van der Waals surface area (Å²) in [7, 11) is 0. The van der Waals surface area contributed by atoms with Crippen LogP contribution in [0.25, 0.3) is 0 Å². The second kappa shape index (κ2) is 11.2. The van der Waals surface area contributed by atoms with E-state index < -0.39 is 0 Å². The van der Waals surface area contributed by atoms with Crippen molar-refractivity contribution in [3.05, 3.63) is 131 Å². The molecule has 0 fully saturated rings. The lowest BCUT2D eigenvalue weighted by Crippen LogP contribution is -1.98. The number of rotatable bonds is 10. The molecule has 0 unspecified atom stereocenters. The van der Waals surface area contributed by atoms with Crippen molar-refractivity contribution >= 4 is 0 Å². The molecule has 0 radical (unpaired) electrons. The molecule has 33 heavy (non-hydrogen) atoms. The Hall–Kier alpha value is -3.70. The summed E-state index contributed by atoms with van der Waals surface area (Å²) in [6, 6.07) is 28.1. The third kappa shape index (κ3) is 7.16. The number of benzene rings is 4. The highest BCUT2D eigenvalue weighted by molar-refractivity contribution is 5.29. The average Bonchev–Trinajstić information content (AvgIpc) is 2.83. The first-order valence-electron chi connectivity index (χ1n) is 10.6. The van der Waals surface area contributed by atoms with Gasteiger partial charge in [-0.1, -0.05) is 48.5 Å². The fraction of sp³-hybridized carbons (Fsp3) is 0.143. The van der Waals surface area contributed by atoms with Gasteiger partial charge in [-0.05, 0) is 70.8 Å². The van der Waals surface area contributed by atoms with Gasteiger partial charge in [-0.15, -0.1) is 0 Å². The maximum Gasteiger partial charge on any atom is 0.123 e. The molecule has 3 nitrogen and oxygen atoms in total. The highest BCUT2D eigenvalue weighted by Gasteiger charge is 2.02. The van der Waals surface area contributed by atoms with Crippen LogP contribution < -0.4 is 9.47 Å². The Balaban J connectivity index is 1.19. The maximum absolute atomic E-state index is 13.2. The fourth-order valence-electron chi connectivity index (χ4n) is 3.24. The van der Waals surface area contributed by atoms with E-state index in [2.05, 4.69) is 0 Å². The van der Waals surface area contributed by atoms with Gasteiger partial charge < -0.3 is 14.2 Å². The molecule has 0 aliphatic carbocycles. The summed E-state index contributed by atoms with van der Waals surface area (Å²) in [5.74, 6) is 0.901. The Morgan fingerprint density at radius 1 is 0.455 bits per heavy atom. The standard InChI is InChI=1S/C28H24F2O3/c29-25-5-1-3-23(15-25)19-32-27-11-7-21(8-12-27)17-31-18-22-9-13-28(14-10-22)33-20-24-4-2-6-26(30)16-24/h1-16H,17-20H2. The predicted octanol–water partition coefficient (Wildman–Crippen LogP) is 6.84. The van der Waals surface area contributed by atoms with Crippen LogP contribution in [0.2, 0.25) is 0 Å². The van der Waals surface area contributed by atoms with Crippen molar-refractivity contribution in [3.8, 4) is 11.5 Å². The van der Waals surface area contributed by atoms with Crippen LogP contribution in [0.5, 0.6) is 11.5 Å². The molecule has 4 aromatic carbocycles. The van der Waals surface area contributed by atoms with Gasteiger partial charge in [0.15, 0.2) is 0 Å². The van der Waals surface area contributed by atoms with Crippen LogP contribution in [0.4, 0.5) is 8.78 Å². The SMILES string of the molecule is Fc1cccc(COc2ccc(COCc3ccc(OCc4cccc(F)c4)cc3)cc2)c1. The second-order valence-corrected chi connectivity index (χ2v) is 7.62. The Morgan fingerprint density at radius 2 is 0.879 bits per heavy atom. The fourth-order valence-corrected chi connectivity index (χ4v) is 3.24. The lowest BCUT2D eigenvalue weighted by Gasteiger charge is -2.09. The van der Waals surface area contributed by atoms with Crippen molar-refractivity contribution < 1.29 is 23.0 Å². The van der Waals surface area contributed by atoms with E-state index in [4.69, 9.17) is 14.2 Å². The van der Waals surface area contributed by atoms with Crippen LogP contribution in [-0.2, 0) is 31.2 Å². The van der Waals surface area contributed by atoms with Gasteiger partial charge in [-0.25, -0.2) is 8.78 Å². The summed E-state index contributed by atoms with van der Waals surface area (Å²) in [4.78, 5) is 0. The molecule has 0 heterocycles. The highest BCUT2D eigenvalue weighted by Crippen LogP contribution is 2.18. The molecule has 168 valence electrons. The van der Waals surface area contributed by atoms with E-state index in [1.165, 1.54) is 24.3 Å². The summed E-state index contributed by atoms with van der Waals surface area (Å²) < 4.78 is 43.7.